The number of carbonyl (C=O) groups is 2. The van der Waals surface area contributed by atoms with E-state index in [1.807, 2.05) is 12.1 Å². The molecule has 1 aromatic heterocycles. The third-order valence-corrected chi connectivity index (χ3v) is 5.42. The summed E-state index contributed by atoms with van der Waals surface area (Å²) in [7, 11) is 0. The number of carbonyl (C=O) groups excluding carboxylic acids is 2. The van der Waals surface area contributed by atoms with Crippen LogP contribution in [0.4, 0.5) is 5.69 Å². The number of anilines is 1. The Labute approximate surface area is 151 Å². The summed E-state index contributed by atoms with van der Waals surface area (Å²) in [6.45, 7) is 1.73. The summed E-state index contributed by atoms with van der Waals surface area (Å²) in [4.78, 5) is 33.4. The van der Waals surface area contributed by atoms with E-state index >= 15 is 0 Å². The highest BCUT2D eigenvalue weighted by atomic mass is 35.5. The third kappa shape index (κ3) is 2.78. The molecule has 2 saturated heterocycles. The number of hydrogen-bond donors (Lipinski definition) is 0. The molecule has 0 aliphatic carbocycles. The van der Waals surface area contributed by atoms with Crippen molar-refractivity contribution in [1.29, 1.82) is 0 Å². The van der Waals surface area contributed by atoms with Gasteiger partial charge in [-0.3, -0.25) is 14.6 Å². The fourth-order valence-corrected chi connectivity index (χ4v) is 4.00. The van der Waals surface area contributed by atoms with Crippen LogP contribution in [0.1, 0.15) is 23.2 Å². The van der Waals surface area contributed by atoms with Gasteiger partial charge in [0.1, 0.15) is 0 Å². The lowest BCUT2D eigenvalue weighted by Crippen LogP contribution is -2.38. The molecule has 2 aliphatic rings. The van der Waals surface area contributed by atoms with Gasteiger partial charge in [-0.05, 0) is 43.2 Å². The fraction of sp³-hybridized carbons (Fsp3) is 0.316. The van der Waals surface area contributed by atoms with Crippen LogP contribution in [0.3, 0.4) is 0 Å². The summed E-state index contributed by atoms with van der Waals surface area (Å²) in [6, 6.07) is 10.7. The maximum atomic E-state index is 13.0. The van der Waals surface area contributed by atoms with Gasteiger partial charge < -0.3 is 9.80 Å². The monoisotopic (exact) mass is 355 g/mol. The maximum Gasteiger partial charge on any atom is 0.253 e. The predicted octanol–water partition coefficient (Wildman–Crippen LogP) is 3.00. The minimum absolute atomic E-state index is 0.0630. The second-order valence-corrected chi connectivity index (χ2v) is 7.12. The highest BCUT2D eigenvalue weighted by Crippen LogP contribution is 2.42. The number of halogens is 1. The Morgan fingerprint density at radius 1 is 1.16 bits per heavy atom. The molecule has 6 heteroatoms. The Kier molecular flexibility index (Phi) is 3.96. The number of amides is 2. The SMILES string of the molecule is O=C(c1cccc(Cl)c1)N1CC[C@@]2(CCN(c3cccnc3)C2=O)C1. The lowest BCUT2D eigenvalue weighted by Gasteiger charge is -2.23. The molecule has 2 aromatic rings. The van der Waals surface area contributed by atoms with Gasteiger partial charge in [-0.15, -0.1) is 0 Å². The van der Waals surface area contributed by atoms with E-state index in [-0.39, 0.29) is 11.8 Å². The van der Waals surface area contributed by atoms with Crippen molar-refractivity contribution in [3.05, 3.63) is 59.4 Å². The number of benzene rings is 1. The van der Waals surface area contributed by atoms with Gasteiger partial charge in [0.2, 0.25) is 5.91 Å². The molecule has 128 valence electrons. The molecule has 0 unspecified atom stereocenters. The first kappa shape index (κ1) is 16.1. The van der Waals surface area contributed by atoms with Crippen LogP contribution in [0, 0.1) is 5.41 Å². The smallest absolute Gasteiger partial charge is 0.253 e. The van der Waals surface area contributed by atoms with E-state index in [0.717, 1.165) is 12.1 Å². The van der Waals surface area contributed by atoms with Crippen molar-refractivity contribution in [2.24, 2.45) is 5.41 Å². The number of aromatic nitrogens is 1. The molecular formula is C19H18ClN3O2. The molecule has 25 heavy (non-hydrogen) atoms. The van der Waals surface area contributed by atoms with Crippen molar-refractivity contribution >= 4 is 29.1 Å². The zero-order valence-electron chi connectivity index (χ0n) is 13.7. The standard InChI is InChI=1S/C19H18ClN3O2/c20-15-4-1-3-14(11-15)17(24)22-9-6-19(13-22)7-10-23(18(19)25)16-5-2-8-21-12-16/h1-5,8,11-12H,6-7,9-10,13H2/t19-/m1/s1. The molecule has 2 aliphatic heterocycles. The van der Waals surface area contributed by atoms with Crippen molar-refractivity contribution < 1.29 is 9.59 Å². The average molecular weight is 356 g/mol. The van der Waals surface area contributed by atoms with Gasteiger partial charge in [-0.1, -0.05) is 17.7 Å². The summed E-state index contributed by atoms with van der Waals surface area (Å²) in [5, 5.41) is 0.541. The Balaban J connectivity index is 1.52. The van der Waals surface area contributed by atoms with Crippen molar-refractivity contribution in [3.63, 3.8) is 0 Å². The molecule has 3 heterocycles. The van der Waals surface area contributed by atoms with E-state index in [9.17, 15) is 9.59 Å². The molecule has 2 fully saturated rings. The van der Waals surface area contributed by atoms with Crippen LogP contribution in [-0.4, -0.2) is 41.3 Å². The molecule has 0 saturated carbocycles. The fourth-order valence-electron chi connectivity index (χ4n) is 3.81. The van der Waals surface area contributed by atoms with Gasteiger partial charge in [-0.2, -0.15) is 0 Å². The van der Waals surface area contributed by atoms with Gasteiger partial charge in [0, 0.05) is 36.4 Å². The molecule has 4 rings (SSSR count). The summed E-state index contributed by atoms with van der Waals surface area (Å²) < 4.78 is 0. The number of hydrogen-bond acceptors (Lipinski definition) is 3. The highest BCUT2D eigenvalue weighted by molar-refractivity contribution is 6.31. The summed E-state index contributed by atoms with van der Waals surface area (Å²) in [5.41, 5.74) is 0.924. The minimum Gasteiger partial charge on any atom is -0.338 e. The Hall–Kier alpha value is -2.40. The third-order valence-electron chi connectivity index (χ3n) is 5.18. The van der Waals surface area contributed by atoms with Gasteiger partial charge in [-0.25, -0.2) is 0 Å². The van der Waals surface area contributed by atoms with Crippen LogP contribution in [0.15, 0.2) is 48.8 Å². The number of rotatable bonds is 2. The van der Waals surface area contributed by atoms with Gasteiger partial charge in [0.15, 0.2) is 0 Å². The first-order chi connectivity index (χ1) is 12.1. The molecule has 5 nitrogen and oxygen atoms in total. The molecule has 0 bridgehead atoms. The van der Waals surface area contributed by atoms with Crippen LogP contribution < -0.4 is 4.90 Å². The van der Waals surface area contributed by atoms with Crippen LogP contribution in [-0.2, 0) is 4.79 Å². The molecule has 0 N–H and O–H groups in total. The van der Waals surface area contributed by atoms with Crippen molar-refractivity contribution in [2.45, 2.75) is 12.8 Å². The zero-order valence-corrected chi connectivity index (χ0v) is 14.4. The topological polar surface area (TPSA) is 53.5 Å². The molecular weight excluding hydrogens is 338 g/mol. The minimum atomic E-state index is -0.468. The Morgan fingerprint density at radius 2 is 2.00 bits per heavy atom. The Morgan fingerprint density at radius 3 is 2.76 bits per heavy atom. The molecule has 0 radical (unpaired) electrons. The summed E-state index contributed by atoms with van der Waals surface area (Å²) in [5.74, 6) is 0.0360. The quantitative estimate of drug-likeness (QED) is 0.832. The van der Waals surface area contributed by atoms with E-state index in [0.29, 0.717) is 36.6 Å². The van der Waals surface area contributed by atoms with Crippen LogP contribution in [0.2, 0.25) is 5.02 Å². The number of pyridine rings is 1. The van der Waals surface area contributed by atoms with E-state index in [1.165, 1.54) is 0 Å². The van der Waals surface area contributed by atoms with Gasteiger partial charge in [0.05, 0.1) is 17.3 Å². The summed E-state index contributed by atoms with van der Waals surface area (Å²) in [6.07, 6.45) is 4.87. The van der Waals surface area contributed by atoms with Gasteiger partial charge >= 0.3 is 0 Å². The first-order valence-electron chi connectivity index (χ1n) is 8.36. The first-order valence-corrected chi connectivity index (χ1v) is 8.74. The normalized spacial score (nSPS) is 22.8. The lowest BCUT2D eigenvalue weighted by molar-refractivity contribution is -0.124. The van der Waals surface area contributed by atoms with Crippen LogP contribution in [0.5, 0.6) is 0 Å². The number of nitrogens with zero attached hydrogens (tertiary/aromatic N) is 3. The summed E-state index contributed by atoms with van der Waals surface area (Å²) >= 11 is 5.99. The van der Waals surface area contributed by atoms with Crippen LogP contribution in [0.25, 0.3) is 0 Å². The lowest BCUT2D eigenvalue weighted by atomic mass is 9.85. The zero-order chi connectivity index (χ0) is 17.4. The molecule has 1 spiro atoms. The van der Waals surface area contributed by atoms with Gasteiger partial charge in [0.25, 0.3) is 5.91 Å². The largest absolute Gasteiger partial charge is 0.338 e. The van der Waals surface area contributed by atoms with Crippen molar-refractivity contribution in [1.82, 2.24) is 9.88 Å². The molecule has 1 atom stereocenters. The maximum absolute atomic E-state index is 13.0. The average Bonchev–Trinajstić information content (AvgIpc) is 3.21. The van der Waals surface area contributed by atoms with Crippen LogP contribution >= 0.6 is 11.6 Å². The molecule has 1 aromatic carbocycles. The van der Waals surface area contributed by atoms with Crippen molar-refractivity contribution in [2.75, 3.05) is 24.5 Å². The second kappa shape index (κ2) is 6.15. The van der Waals surface area contributed by atoms with E-state index in [2.05, 4.69) is 4.98 Å². The van der Waals surface area contributed by atoms with E-state index in [4.69, 9.17) is 11.6 Å². The molecule has 2 amide bonds. The van der Waals surface area contributed by atoms with E-state index < -0.39 is 5.41 Å². The number of likely N-dealkylation sites (tertiary alicyclic amines) is 1. The van der Waals surface area contributed by atoms with E-state index in [1.54, 1.807) is 46.5 Å². The van der Waals surface area contributed by atoms with Crippen molar-refractivity contribution in [3.8, 4) is 0 Å². The highest BCUT2D eigenvalue weighted by Gasteiger charge is 2.52. The predicted molar refractivity (Wildman–Crippen MR) is 95.6 cm³/mol. The Bertz CT molecular complexity index is 826. The second-order valence-electron chi connectivity index (χ2n) is 6.69.